The van der Waals surface area contributed by atoms with Gasteiger partial charge in [-0.25, -0.2) is 0 Å². The highest BCUT2D eigenvalue weighted by atomic mass is 32.1. The van der Waals surface area contributed by atoms with Crippen molar-refractivity contribution in [2.24, 2.45) is 0 Å². The monoisotopic (exact) mass is 415 g/mol. The van der Waals surface area contributed by atoms with Crippen molar-refractivity contribution in [2.45, 2.75) is 20.8 Å². The molecular formula is C23H21N5OS. The van der Waals surface area contributed by atoms with Gasteiger partial charge in [0.1, 0.15) is 11.0 Å². The van der Waals surface area contributed by atoms with Crippen LogP contribution >= 0.6 is 12.2 Å². The fraction of sp³-hybridized carbons (Fsp3) is 0.130. The zero-order valence-electron chi connectivity index (χ0n) is 16.9. The van der Waals surface area contributed by atoms with Gasteiger partial charge >= 0.3 is 0 Å². The number of thiocarbonyl (C=S) groups is 1. The smallest absolute Gasteiger partial charge is 0.257 e. The van der Waals surface area contributed by atoms with Crippen molar-refractivity contribution in [2.75, 3.05) is 5.32 Å². The number of anilines is 1. The van der Waals surface area contributed by atoms with E-state index >= 15 is 0 Å². The van der Waals surface area contributed by atoms with Gasteiger partial charge in [-0.3, -0.25) is 10.1 Å². The van der Waals surface area contributed by atoms with Crippen molar-refractivity contribution in [3.63, 3.8) is 0 Å². The van der Waals surface area contributed by atoms with Crippen LogP contribution in [0.3, 0.4) is 0 Å². The highest BCUT2D eigenvalue weighted by Crippen LogP contribution is 2.18. The topological polar surface area (TPSA) is 71.8 Å². The second-order valence-electron chi connectivity index (χ2n) is 7.31. The number of hydrogen-bond acceptors (Lipinski definition) is 4. The maximum atomic E-state index is 12.5. The lowest BCUT2D eigenvalue weighted by atomic mass is 10.1. The first-order chi connectivity index (χ1) is 14.4. The van der Waals surface area contributed by atoms with Gasteiger partial charge in [0.15, 0.2) is 5.11 Å². The number of benzene rings is 3. The first-order valence-corrected chi connectivity index (χ1v) is 9.93. The summed E-state index contributed by atoms with van der Waals surface area (Å²) in [5.41, 5.74) is 6.93. The number of nitrogens with one attached hydrogen (secondary N) is 2. The average Bonchev–Trinajstić information content (AvgIpc) is 3.11. The molecule has 4 rings (SSSR count). The molecule has 0 aliphatic carbocycles. The van der Waals surface area contributed by atoms with Crippen LogP contribution in [0.1, 0.15) is 27.0 Å². The third-order valence-corrected chi connectivity index (χ3v) is 4.82. The SMILES string of the molecule is Cc1ccc(-n2nc3ccc(NC(=S)NC(=O)c4cc(C)cc(C)c4)cc3n2)cc1. The lowest BCUT2D eigenvalue weighted by molar-refractivity contribution is 0.0977. The molecule has 0 saturated heterocycles. The van der Waals surface area contributed by atoms with E-state index in [0.29, 0.717) is 5.56 Å². The Balaban J connectivity index is 1.48. The van der Waals surface area contributed by atoms with E-state index in [1.807, 2.05) is 81.4 Å². The van der Waals surface area contributed by atoms with Crippen LogP contribution in [0.4, 0.5) is 5.69 Å². The Hall–Kier alpha value is -3.58. The Kier molecular flexibility index (Phi) is 5.29. The number of carbonyl (C=O) groups is 1. The molecule has 0 atom stereocenters. The van der Waals surface area contributed by atoms with E-state index in [2.05, 4.69) is 20.8 Å². The Morgan fingerprint density at radius 3 is 2.20 bits per heavy atom. The van der Waals surface area contributed by atoms with Crippen LogP contribution < -0.4 is 10.6 Å². The number of rotatable bonds is 3. The number of hydrogen-bond donors (Lipinski definition) is 2. The zero-order valence-corrected chi connectivity index (χ0v) is 17.7. The van der Waals surface area contributed by atoms with Gasteiger partial charge in [0.05, 0.1) is 5.69 Å². The fourth-order valence-corrected chi connectivity index (χ4v) is 3.44. The third-order valence-electron chi connectivity index (χ3n) is 4.61. The summed E-state index contributed by atoms with van der Waals surface area (Å²) in [5, 5.41) is 15.0. The van der Waals surface area contributed by atoms with Gasteiger partial charge in [0.25, 0.3) is 5.91 Å². The number of carbonyl (C=O) groups excluding carboxylic acids is 1. The molecule has 3 aromatic carbocycles. The molecule has 0 unspecified atom stereocenters. The summed E-state index contributed by atoms with van der Waals surface area (Å²) in [6, 6.07) is 19.3. The summed E-state index contributed by atoms with van der Waals surface area (Å²) in [6.45, 7) is 5.95. The molecule has 30 heavy (non-hydrogen) atoms. The highest BCUT2D eigenvalue weighted by molar-refractivity contribution is 7.80. The molecule has 1 heterocycles. The predicted octanol–water partition coefficient (Wildman–Crippen LogP) is 4.47. The third kappa shape index (κ3) is 4.36. The van der Waals surface area contributed by atoms with Crippen molar-refractivity contribution in [3.8, 4) is 5.69 Å². The Bertz CT molecular complexity index is 1240. The van der Waals surface area contributed by atoms with Gasteiger partial charge in [-0.15, -0.1) is 10.2 Å². The summed E-state index contributed by atoms with van der Waals surface area (Å²) < 4.78 is 0. The van der Waals surface area contributed by atoms with Crippen LogP contribution in [0, 0.1) is 20.8 Å². The van der Waals surface area contributed by atoms with E-state index in [-0.39, 0.29) is 11.0 Å². The lowest BCUT2D eigenvalue weighted by Gasteiger charge is -2.10. The summed E-state index contributed by atoms with van der Waals surface area (Å²) in [6.07, 6.45) is 0. The summed E-state index contributed by atoms with van der Waals surface area (Å²) in [4.78, 5) is 14.1. The standard InChI is InChI=1S/C23H21N5OS/c1-14-4-7-19(8-5-14)28-26-20-9-6-18(13-21(20)27-28)24-23(30)25-22(29)17-11-15(2)10-16(3)12-17/h4-13H,1-3H3,(H2,24,25,29,30). The van der Waals surface area contributed by atoms with Crippen LogP contribution in [-0.4, -0.2) is 26.0 Å². The molecule has 0 fully saturated rings. The van der Waals surface area contributed by atoms with Gasteiger partial charge in [0.2, 0.25) is 0 Å². The van der Waals surface area contributed by atoms with Gasteiger partial charge in [-0.1, -0.05) is 34.9 Å². The Labute approximate surface area is 179 Å². The predicted molar refractivity (Wildman–Crippen MR) is 123 cm³/mol. The molecule has 0 saturated carbocycles. The van der Waals surface area contributed by atoms with E-state index in [1.54, 1.807) is 4.80 Å². The molecule has 0 aliphatic heterocycles. The zero-order chi connectivity index (χ0) is 21.3. The Morgan fingerprint density at radius 1 is 0.833 bits per heavy atom. The molecule has 2 N–H and O–H groups in total. The van der Waals surface area contributed by atoms with Crippen LogP contribution in [-0.2, 0) is 0 Å². The van der Waals surface area contributed by atoms with Crippen molar-refractivity contribution in [1.29, 1.82) is 0 Å². The van der Waals surface area contributed by atoms with Gasteiger partial charge in [-0.2, -0.15) is 4.80 Å². The molecule has 1 amide bonds. The van der Waals surface area contributed by atoms with E-state index in [4.69, 9.17) is 12.2 Å². The van der Waals surface area contributed by atoms with Crippen molar-refractivity contribution in [3.05, 3.63) is 82.9 Å². The molecule has 0 spiro atoms. The molecule has 0 radical (unpaired) electrons. The minimum Gasteiger partial charge on any atom is -0.332 e. The van der Waals surface area contributed by atoms with Gasteiger partial charge in [0, 0.05) is 11.3 Å². The number of aromatic nitrogens is 3. The summed E-state index contributed by atoms with van der Waals surface area (Å²) >= 11 is 5.31. The van der Waals surface area contributed by atoms with Gasteiger partial charge in [-0.05, 0) is 75.5 Å². The normalized spacial score (nSPS) is 10.8. The second-order valence-corrected chi connectivity index (χ2v) is 7.72. The summed E-state index contributed by atoms with van der Waals surface area (Å²) in [5.74, 6) is -0.245. The Morgan fingerprint density at radius 2 is 1.50 bits per heavy atom. The minimum atomic E-state index is -0.245. The largest absolute Gasteiger partial charge is 0.332 e. The molecule has 150 valence electrons. The van der Waals surface area contributed by atoms with E-state index < -0.39 is 0 Å². The minimum absolute atomic E-state index is 0.226. The van der Waals surface area contributed by atoms with Crippen molar-refractivity contribution < 1.29 is 4.79 Å². The number of amides is 1. The number of nitrogens with zero attached hydrogens (tertiary/aromatic N) is 3. The molecular weight excluding hydrogens is 394 g/mol. The summed E-state index contributed by atoms with van der Waals surface area (Å²) in [7, 11) is 0. The molecule has 0 aliphatic rings. The van der Waals surface area contributed by atoms with Crippen LogP contribution in [0.25, 0.3) is 16.7 Å². The second kappa shape index (κ2) is 8.04. The average molecular weight is 416 g/mol. The quantitative estimate of drug-likeness (QED) is 0.483. The van der Waals surface area contributed by atoms with E-state index in [1.165, 1.54) is 5.56 Å². The molecule has 4 aromatic rings. The van der Waals surface area contributed by atoms with Crippen LogP contribution in [0.5, 0.6) is 0 Å². The molecule has 6 nitrogen and oxygen atoms in total. The van der Waals surface area contributed by atoms with Gasteiger partial charge < -0.3 is 5.32 Å². The van der Waals surface area contributed by atoms with E-state index in [0.717, 1.165) is 33.5 Å². The molecule has 1 aromatic heterocycles. The van der Waals surface area contributed by atoms with Crippen LogP contribution in [0.15, 0.2) is 60.7 Å². The fourth-order valence-electron chi connectivity index (χ4n) is 3.23. The number of aryl methyl sites for hydroxylation is 3. The van der Waals surface area contributed by atoms with Crippen LogP contribution in [0.2, 0.25) is 0 Å². The first kappa shape index (κ1) is 19.7. The molecule has 7 heteroatoms. The van der Waals surface area contributed by atoms with Crippen molar-refractivity contribution >= 4 is 40.0 Å². The first-order valence-electron chi connectivity index (χ1n) is 9.52. The maximum Gasteiger partial charge on any atom is 0.257 e. The number of fused-ring (bicyclic) bond motifs is 1. The maximum absolute atomic E-state index is 12.5. The van der Waals surface area contributed by atoms with Crippen molar-refractivity contribution in [1.82, 2.24) is 20.3 Å². The lowest BCUT2D eigenvalue weighted by Crippen LogP contribution is -2.34. The van der Waals surface area contributed by atoms with E-state index in [9.17, 15) is 4.79 Å². The highest BCUT2D eigenvalue weighted by Gasteiger charge is 2.10. The molecule has 0 bridgehead atoms.